The van der Waals surface area contributed by atoms with Crippen molar-refractivity contribution in [1.82, 2.24) is 15.8 Å². The lowest BCUT2D eigenvalue weighted by Crippen LogP contribution is -2.41. The Labute approximate surface area is 153 Å². The van der Waals surface area contributed by atoms with E-state index in [0.29, 0.717) is 33.7 Å². The number of benzene rings is 1. The highest BCUT2D eigenvalue weighted by Gasteiger charge is 2.13. The maximum Gasteiger partial charge on any atom is 0.271 e. The van der Waals surface area contributed by atoms with E-state index in [9.17, 15) is 9.59 Å². The van der Waals surface area contributed by atoms with Gasteiger partial charge in [-0.1, -0.05) is 6.92 Å². The summed E-state index contributed by atoms with van der Waals surface area (Å²) in [6.45, 7) is 2.55. The van der Waals surface area contributed by atoms with E-state index in [1.54, 1.807) is 30.5 Å². The van der Waals surface area contributed by atoms with Crippen molar-refractivity contribution in [2.75, 3.05) is 13.7 Å². The zero-order valence-corrected chi connectivity index (χ0v) is 15.4. The first-order chi connectivity index (χ1) is 12.0. The Hall–Kier alpha value is -2.61. The number of hydrogen-bond donors (Lipinski definition) is 2. The van der Waals surface area contributed by atoms with Gasteiger partial charge in [-0.2, -0.15) is 0 Å². The molecule has 1 heterocycles. The molecule has 2 amide bonds. The highest BCUT2D eigenvalue weighted by Crippen LogP contribution is 2.28. The van der Waals surface area contributed by atoms with E-state index in [2.05, 4.69) is 31.8 Å². The van der Waals surface area contributed by atoms with Crippen LogP contribution in [0.15, 0.2) is 41.1 Å². The average Bonchev–Trinajstić information content (AvgIpc) is 2.63. The first-order valence-electron chi connectivity index (χ1n) is 7.57. The molecule has 132 valence electrons. The first-order valence-corrected chi connectivity index (χ1v) is 8.36. The molecule has 2 rings (SSSR count). The summed E-state index contributed by atoms with van der Waals surface area (Å²) in [4.78, 5) is 28.1. The predicted molar refractivity (Wildman–Crippen MR) is 95.6 cm³/mol. The smallest absolute Gasteiger partial charge is 0.271 e. The number of nitrogens with zero attached hydrogens (tertiary/aromatic N) is 1. The topological polar surface area (TPSA) is 89.6 Å². The van der Waals surface area contributed by atoms with Crippen LogP contribution in [0.5, 0.6) is 11.5 Å². The van der Waals surface area contributed by atoms with Gasteiger partial charge < -0.3 is 9.47 Å². The fourth-order valence-electron chi connectivity index (χ4n) is 1.93. The number of amides is 2. The fourth-order valence-corrected chi connectivity index (χ4v) is 2.30. The second kappa shape index (κ2) is 9.03. The standard InChI is InChI=1S/C17H18BrN3O4/c1-3-6-25-14-5-4-11(8-15(14)24-2)16(22)20-21-17(23)12-7-13(18)10-19-9-12/h4-5,7-10H,3,6H2,1-2H3,(H,20,22)(H,21,23). The zero-order chi connectivity index (χ0) is 18.2. The molecule has 1 aromatic heterocycles. The van der Waals surface area contributed by atoms with Gasteiger partial charge in [0.25, 0.3) is 11.8 Å². The van der Waals surface area contributed by atoms with Gasteiger partial charge in [0, 0.05) is 22.4 Å². The van der Waals surface area contributed by atoms with Crippen LogP contribution in [0.25, 0.3) is 0 Å². The van der Waals surface area contributed by atoms with E-state index in [1.165, 1.54) is 13.3 Å². The van der Waals surface area contributed by atoms with Crippen molar-refractivity contribution in [3.63, 3.8) is 0 Å². The third-order valence-electron chi connectivity index (χ3n) is 3.14. The number of nitrogens with one attached hydrogen (secondary N) is 2. The maximum absolute atomic E-state index is 12.2. The van der Waals surface area contributed by atoms with E-state index < -0.39 is 11.8 Å². The van der Waals surface area contributed by atoms with Gasteiger partial charge in [0.1, 0.15) is 0 Å². The van der Waals surface area contributed by atoms with E-state index in [4.69, 9.17) is 9.47 Å². The number of methoxy groups -OCH3 is 1. The van der Waals surface area contributed by atoms with Gasteiger partial charge in [-0.25, -0.2) is 0 Å². The number of ether oxygens (including phenoxy) is 2. The fraction of sp³-hybridized carbons (Fsp3) is 0.235. The summed E-state index contributed by atoms with van der Waals surface area (Å²) in [5, 5.41) is 0. The Morgan fingerprint density at radius 1 is 1.08 bits per heavy atom. The third kappa shape index (κ3) is 5.18. The molecule has 0 radical (unpaired) electrons. The van der Waals surface area contributed by atoms with Crippen LogP contribution in [-0.2, 0) is 0 Å². The van der Waals surface area contributed by atoms with E-state index in [0.717, 1.165) is 6.42 Å². The molecule has 0 bridgehead atoms. The Morgan fingerprint density at radius 2 is 1.80 bits per heavy atom. The van der Waals surface area contributed by atoms with E-state index in [1.807, 2.05) is 6.92 Å². The Balaban J connectivity index is 2.01. The van der Waals surface area contributed by atoms with Gasteiger partial charge >= 0.3 is 0 Å². The van der Waals surface area contributed by atoms with Crippen LogP contribution in [0.1, 0.15) is 34.1 Å². The highest BCUT2D eigenvalue weighted by atomic mass is 79.9. The number of hydrazine groups is 1. The molecule has 2 aromatic rings. The number of hydrogen-bond acceptors (Lipinski definition) is 5. The molecule has 25 heavy (non-hydrogen) atoms. The number of carbonyl (C=O) groups is 2. The number of rotatable bonds is 6. The highest BCUT2D eigenvalue weighted by molar-refractivity contribution is 9.10. The molecule has 0 unspecified atom stereocenters. The van der Waals surface area contributed by atoms with Gasteiger partial charge in [0.15, 0.2) is 11.5 Å². The van der Waals surface area contributed by atoms with Gasteiger partial charge in [-0.05, 0) is 46.6 Å². The molecule has 0 spiro atoms. The molecule has 1 aromatic carbocycles. The molecular weight excluding hydrogens is 390 g/mol. The van der Waals surface area contributed by atoms with Crippen molar-refractivity contribution in [2.24, 2.45) is 0 Å². The minimum absolute atomic E-state index is 0.315. The average molecular weight is 408 g/mol. The molecule has 8 heteroatoms. The molecule has 7 nitrogen and oxygen atoms in total. The molecule has 0 aliphatic heterocycles. The van der Waals surface area contributed by atoms with Crippen molar-refractivity contribution < 1.29 is 19.1 Å². The van der Waals surface area contributed by atoms with Gasteiger partial charge in [0.2, 0.25) is 0 Å². The van der Waals surface area contributed by atoms with Gasteiger partial charge in [-0.3, -0.25) is 25.4 Å². The van der Waals surface area contributed by atoms with Crippen LogP contribution >= 0.6 is 15.9 Å². The van der Waals surface area contributed by atoms with Crippen LogP contribution in [0.4, 0.5) is 0 Å². The van der Waals surface area contributed by atoms with Gasteiger partial charge in [0.05, 0.1) is 19.3 Å². The molecule has 0 fully saturated rings. The summed E-state index contributed by atoms with van der Waals surface area (Å²) < 4.78 is 11.4. The Morgan fingerprint density at radius 3 is 2.44 bits per heavy atom. The van der Waals surface area contributed by atoms with Crippen molar-refractivity contribution in [2.45, 2.75) is 13.3 Å². The molecule has 0 atom stereocenters. The van der Waals surface area contributed by atoms with Crippen molar-refractivity contribution in [3.05, 3.63) is 52.3 Å². The minimum atomic E-state index is -0.475. The van der Waals surface area contributed by atoms with Crippen LogP contribution < -0.4 is 20.3 Å². The SMILES string of the molecule is CCCOc1ccc(C(=O)NNC(=O)c2cncc(Br)c2)cc1OC. The van der Waals surface area contributed by atoms with Crippen LogP contribution in [0.3, 0.4) is 0 Å². The molecular formula is C17H18BrN3O4. The summed E-state index contributed by atoms with van der Waals surface area (Å²) in [7, 11) is 1.50. The van der Waals surface area contributed by atoms with E-state index >= 15 is 0 Å². The quantitative estimate of drug-likeness (QED) is 0.718. The van der Waals surface area contributed by atoms with Crippen molar-refractivity contribution in [3.8, 4) is 11.5 Å². The Kier molecular flexibility index (Phi) is 6.76. The van der Waals surface area contributed by atoms with E-state index in [-0.39, 0.29) is 0 Å². The van der Waals surface area contributed by atoms with Crippen LogP contribution in [0.2, 0.25) is 0 Å². The molecule has 0 aliphatic carbocycles. The summed E-state index contributed by atoms with van der Waals surface area (Å²) in [6, 6.07) is 6.39. The van der Waals surface area contributed by atoms with Crippen LogP contribution in [-0.4, -0.2) is 30.5 Å². The summed E-state index contributed by atoms with van der Waals surface area (Å²) in [6.07, 6.45) is 3.82. The summed E-state index contributed by atoms with van der Waals surface area (Å²) >= 11 is 3.23. The minimum Gasteiger partial charge on any atom is -0.493 e. The number of aromatic nitrogens is 1. The van der Waals surface area contributed by atoms with Crippen molar-refractivity contribution in [1.29, 1.82) is 0 Å². The predicted octanol–water partition coefficient (Wildman–Crippen LogP) is 2.72. The zero-order valence-electron chi connectivity index (χ0n) is 13.8. The lowest BCUT2D eigenvalue weighted by Gasteiger charge is -2.12. The molecule has 2 N–H and O–H groups in total. The second-order valence-electron chi connectivity index (χ2n) is 5.01. The second-order valence-corrected chi connectivity index (χ2v) is 5.93. The summed E-state index contributed by atoms with van der Waals surface area (Å²) in [5.74, 6) is 0.0578. The molecule has 0 saturated carbocycles. The Bertz CT molecular complexity index is 767. The number of pyridine rings is 1. The molecule has 0 aliphatic rings. The summed E-state index contributed by atoms with van der Waals surface area (Å²) in [5.41, 5.74) is 5.33. The molecule has 0 saturated heterocycles. The van der Waals surface area contributed by atoms with Crippen molar-refractivity contribution >= 4 is 27.7 Å². The number of halogens is 1. The lowest BCUT2D eigenvalue weighted by molar-refractivity contribution is 0.0846. The largest absolute Gasteiger partial charge is 0.493 e. The number of carbonyl (C=O) groups excluding carboxylic acids is 2. The maximum atomic E-state index is 12.2. The monoisotopic (exact) mass is 407 g/mol. The van der Waals surface area contributed by atoms with Gasteiger partial charge in [-0.15, -0.1) is 0 Å². The third-order valence-corrected chi connectivity index (χ3v) is 3.58. The normalized spacial score (nSPS) is 10.0. The lowest BCUT2D eigenvalue weighted by atomic mass is 10.2. The van der Waals surface area contributed by atoms with Crippen LogP contribution in [0, 0.1) is 0 Å². The first kappa shape index (κ1) is 18.7.